The number of hydrogen-bond donors (Lipinski definition) is 0. The van der Waals surface area contributed by atoms with Crippen LogP contribution in [0, 0.1) is 13.8 Å². The van der Waals surface area contributed by atoms with E-state index >= 15 is 0 Å². The summed E-state index contributed by atoms with van der Waals surface area (Å²) < 4.78 is 38.9. The van der Waals surface area contributed by atoms with Gasteiger partial charge in [-0.2, -0.15) is 0 Å². The molecule has 0 aliphatic heterocycles. The molecule has 0 amide bonds. The molecular formula is C27H45IO6P2. The quantitative estimate of drug-likeness (QED) is 0.115. The van der Waals surface area contributed by atoms with Crippen LogP contribution in [0.5, 0.6) is 0 Å². The van der Waals surface area contributed by atoms with Crippen LogP contribution in [0.1, 0.15) is 49.9 Å². The molecule has 0 aromatic heterocycles. The predicted molar refractivity (Wildman–Crippen MR) is 162 cm³/mol. The highest BCUT2D eigenvalue weighted by Crippen LogP contribution is 2.48. The Bertz CT molecular complexity index is 837. The second kappa shape index (κ2) is 22.6. The molecule has 0 spiro atoms. The van der Waals surface area contributed by atoms with Crippen molar-refractivity contribution < 1.29 is 27.2 Å². The number of halogens is 1. The third kappa shape index (κ3) is 18.0. The molecule has 0 bridgehead atoms. The van der Waals surface area contributed by atoms with Crippen LogP contribution in [0.2, 0.25) is 0 Å². The van der Waals surface area contributed by atoms with Gasteiger partial charge in [-0.3, -0.25) is 4.57 Å². The van der Waals surface area contributed by atoms with E-state index < -0.39 is 16.2 Å². The Balaban J connectivity index is 0.000000551. The van der Waals surface area contributed by atoms with E-state index in [9.17, 15) is 4.57 Å². The van der Waals surface area contributed by atoms with Crippen LogP contribution in [-0.2, 0) is 40.0 Å². The first kappa shape index (κ1) is 35.6. The topological polar surface area (TPSA) is 63.2 Å². The van der Waals surface area contributed by atoms with E-state index in [0.717, 1.165) is 6.42 Å². The van der Waals surface area contributed by atoms with E-state index in [4.69, 9.17) is 22.6 Å². The molecule has 0 unspecified atom stereocenters. The lowest BCUT2D eigenvalue weighted by molar-refractivity contribution is 0.194. The number of hydrogen-bond acceptors (Lipinski definition) is 6. The molecule has 0 atom stereocenters. The molecule has 0 saturated heterocycles. The summed E-state index contributed by atoms with van der Waals surface area (Å²) in [5, 5.41) is 0. The minimum atomic E-state index is -2.90. The van der Waals surface area contributed by atoms with Crippen molar-refractivity contribution >= 4 is 38.8 Å². The highest BCUT2D eigenvalue weighted by Gasteiger charge is 2.22. The standard InChI is InChI=1S/C13H21O3P.C9H11I.C5H13O3P/c1-4-15-17(14,16-5-2)10-9-13-8-6-7-12(3)11-13;1-8-3-2-4-9(7-8)5-6-10;1-4-7-9(6-3)8-5-2/h6-8,11H,4-5,9-10H2,1-3H3;2-4,7H,5-6H2,1H3;4-5H2,1-3H3. The van der Waals surface area contributed by atoms with Crippen LogP contribution >= 0.6 is 38.8 Å². The smallest absolute Gasteiger partial charge is 0.316 e. The molecule has 36 heavy (non-hydrogen) atoms. The van der Waals surface area contributed by atoms with Gasteiger partial charge in [0.2, 0.25) is 0 Å². The first-order valence-electron chi connectivity index (χ1n) is 12.4. The molecule has 2 aromatic rings. The van der Waals surface area contributed by atoms with Crippen LogP contribution in [0.25, 0.3) is 0 Å². The zero-order valence-corrected chi connectivity index (χ0v) is 26.9. The maximum Gasteiger partial charge on any atom is 0.332 e. The zero-order valence-electron chi connectivity index (χ0n) is 23.0. The Kier molecular flexibility index (Phi) is 22.4. The predicted octanol–water partition coefficient (Wildman–Crippen LogP) is 8.71. The minimum absolute atomic E-state index is 0.422. The van der Waals surface area contributed by atoms with Crippen molar-refractivity contribution in [1.82, 2.24) is 0 Å². The average Bonchev–Trinajstić information content (AvgIpc) is 2.84. The van der Waals surface area contributed by atoms with Gasteiger partial charge >= 0.3 is 16.2 Å². The van der Waals surface area contributed by atoms with Gasteiger partial charge in [-0.25, -0.2) is 0 Å². The molecule has 0 fully saturated rings. The molecule has 0 radical (unpaired) electrons. The van der Waals surface area contributed by atoms with Crippen molar-refractivity contribution in [3.8, 4) is 0 Å². The zero-order chi connectivity index (χ0) is 27.2. The molecular weight excluding hydrogens is 609 g/mol. The summed E-state index contributed by atoms with van der Waals surface area (Å²) in [6.07, 6.45) is 2.36. The third-order valence-corrected chi connectivity index (χ3v) is 8.34. The first-order valence-corrected chi connectivity index (χ1v) is 16.8. The van der Waals surface area contributed by atoms with E-state index in [1.54, 1.807) is 7.11 Å². The number of rotatable bonds is 14. The molecule has 2 aromatic carbocycles. The lowest BCUT2D eigenvalue weighted by Gasteiger charge is -2.16. The Morgan fingerprint density at radius 2 is 1.25 bits per heavy atom. The molecule has 0 aliphatic carbocycles. The molecule has 0 saturated carbocycles. The van der Waals surface area contributed by atoms with Gasteiger partial charge < -0.3 is 22.6 Å². The molecule has 0 aliphatic rings. The summed E-state index contributed by atoms with van der Waals surface area (Å²) >= 11 is 2.40. The fraction of sp³-hybridized carbons (Fsp3) is 0.556. The van der Waals surface area contributed by atoms with Gasteiger partial charge in [0, 0.05) is 11.5 Å². The molecule has 0 heterocycles. The normalized spacial score (nSPS) is 10.9. The van der Waals surface area contributed by atoms with E-state index in [2.05, 4.69) is 59.8 Å². The van der Waals surface area contributed by atoms with Gasteiger partial charge in [0.15, 0.2) is 0 Å². The van der Waals surface area contributed by atoms with Gasteiger partial charge in [-0.1, -0.05) is 82.2 Å². The summed E-state index contributed by atoms with van der Waals surface area (Å²) in [6, 6.07) is 16.9. The van der Waals surface area contributed by atoms with E-state index in [-0.39, 0.29) is 0 Å². The maximum absolute atomic E-state index is 12.2. The highest BCUT2D eigenvalue weighted by atomic mass is 127. The van der Waals surface area contributed by atoms with Crippen LogP contribution in [0.15, 0.2) is 48.5 Å². The average molecular weight is 655 g/mol. The highest BCUT2D eigenvalue weighted by molar-refractivity contribution is 14.1. The van der Waals surface area contributed by atoms with Crippen LogP contribution in [0.3, 0.4) is 0 Å². The number of benzene rings is 2. The van der Waals surface area contributed by atoms with Crippen molar-refractivity contribution in [3.63, 3.8) is 0 Å². The third-order valence-electron chi connectivity index (χ3n) is 4.49. The molecule has 206 valence electrons. The second-order valence-corrected chi connectivity index (χ2v) is 12.2. The lowest BCUT2D eigenvalue weighted by atomic mass is 10.1. The monoisotopic (exact) mass is 654 g/mol. The van der Waals surface area contributed by atoms with Crippen LogP contribution in [0.4, 0.5) is 0 Å². The first-order chi connectivity index (χ1) is 17.3. The van der Waals surface area contributed by atoms with Gasteiger partial charge in [0.25, 0.3) is 0 Å². The SMILES string of the molecule is CCOP(=O)(CCc1cccc(C)c1)OCC.CCOP(OC)OCC.Cc1cccc(CCI)c1. The Morgan fingerprint density at radius 3 is 1.61 bits per heavy atom. The van der Waals surface area contributed by atoms with Crippen molar-refractivity contribution in [2.75, 3.05) is 44.1 Å². The van der Waals surface area contributed by atoms with E-state index in [1.165, 1.54) is 33.1 Å². The van der Waals surface area contributed by atoms with Gasteiger partial charge in [-0.05, 0) is 65.5 Å². The van der Waals surface area contributed by atoms with Gasteiger partial charge in [-0.15, -0.1) is 0 Å². The molecule has 6 nitrogen and oxygen atoms in total. The lowest BCUT2D eigenvalue weighted by Crippen LogP contribution is -2.02. The van der Waals surface area contributed by atoms with E-state index in [1.807, 2.05) is 52.8 Å². The molecule has 0 N–H and O–H groups in total. The number of alkyl halides is 1. The second-order valence-electron chi connectivity index (χ2n) is 7.58. The minimum Gasteiger partial charge on any atom is -0.316 e. The van der Waals surface area contributed by atoms with Crippen molar-refractivity contribution in [3.05, 3.63) is 70.8 Å². The summed E-state index contributed by atoms with van der Waals surface area (Å²) in [5.41, 5.74) is 5.20. The largest absolute Gasteiger partial charge is 0.332 e. The van der Waals surface area contributed by atoms with Crippen molar-refractivity contribution in [2.24, 2.45) is 0 Å². The fourth-order valence-corrected chi connectivity index (χ4v) is 6.01. The molecule has 2 rings (SSSR count). The summed E-state index contributed by atoms with van der Waals surface area (Å²) in [6.45, 7) is 13.8. The van der Waals surface area contributed by atoms with Crippen molar-refractivity contribution in [1.29, 1.82) is 0 Å². The van der Waals surface area contributed by atoms with Crippen LogP contribution in [-0.4, -0.2) is 44.1 Å². The van der Waals surface area contributed by atoms with Gasteiger partial charge in [0.05, 0.1) is 32.6 Å². The van der Waals surface area contributed by atoms with Crippen molar-refractivity contribution in [2.45, 2.75) is 54.4 Å². The summed E-state index contributed by atoms with van der Waals surface area (Å²) in [7, 11) is -2.38. The Morgan fingerprint density at radius 1 is 0.778 bits per heavy atom. The fourth-order valence-electron chi connectivity index (χ4n) is 3.02. The van der Waals surface area contributed by atoms with Gasteiger partial charge in [0.1, 0.15) is 0 Å². The Labute approximate surface area is 234 Å². The summed E-state index contributed by atoms with van der Waals surface area (Å²) in [5.74, 6) is 0. The maximum atomic E-state index is 12.2. The summed E-state index contributed by atoms with van der Waals surface area (Å²) in [4.78, 5) is 0. The van der Waals surface area contributed by atoms with E-state index in [0.29, 0.717) is 32.6 Å². The Hall–Kier alpha value is -0.370. The number of aryl methyl sites for hydroxylation is 4. The molecule has 9 heteroatoms. The van der Waals surface area contributed by atoms with Crippen LogP contribution < -0.4 is 0 Å².